The molecule has 152 valence electrons. The largest absolute Gasteiger partial charge is 0.496 e. The van der Waals surface area contributed by atoms with Gasteiger partial charge in [-0.1, -0.05) is 6.07 Å². The highest BCUT2D eigenvalue weighted by atomic mass is 16.5. The summed E-state index contributed by atoms with van der Waals surface area (Å²) < 4.78 is 11.0. The quantitative estimate of drug-likeness (QED) is 0.686. The van der Waals surface area contributed by atoms with E-state index < -0.39 is 0 Å². The Balaban J connectivity index is 1.36. The summed E-state index contributed by atoms with van der Waals surface area (Å²) in [6.45, 7) is 4.06. The third kappa shape index (κ3) is 3.38. The van der Waals surface area contributed by atoms with Crippen molar-refractivity contribution in [2.75, 3.05) is 38.7 Å². The molecule has 1 saturated heterocycles. The number of methoxy groups -OCH3 is 1. The molecule has 0 atom stereocenters. The summed E-state index contributed by atoms with van der Waals surface area (Å²) in [7, 11) is 1.64. The molecule has 2 aromatic heterocycles. The van der Waals surface area contributed by atoms with Crippen LogP contribution in [0.3, 0.4) is 0 Å². The van der Waals surface area contributed by atoms with Gasteiger partial charge in [0, 0.05) is 37.0 Å². The predicted octanol–water partition coefficient (Wildman–Crippen LogP) is 1.75. The zero-order valence-corrected chi connectivity index (χ0v) is 16.5. The van der Waals surface area contributed by atoms with E-state index in [4.69, 9.17) is 9.47 Å². The molecule has 3 heterocycles. The van der Waals surface area contributed by atoms with Crippen molar-refractivity contribution in [3.63, 3.8) is 0 Å². The van der Waals surface area contributed by atoms with Gasteiger partial charge in [0.2, 0.25) is 0 Å². The molecule has 0 saturated carbocycles. The number of aromatic nitrogens is 4. The van der Waals surface area contributed by atoms with Gasteiger partial charge in [-0.25, -0.2) is 19.9 Å². The van der Waals surface area contributed by atoms with Gasteiger partial charge in [0.15, 0.2) is 5.65 Å². The Morgan fingerprint density at radius 2 is 1.97 bits per heavy atom. The number of carbonyl (C=O) groups excluding carboxylic acids is 1. The maximum Gasteiger partial charge on any atom is 0.257 e. The maximum absolute atomic E-state index is 13.0. The Labute approximate surface area is 172 Å². The molecule has 9 heteroatoms. The van der Waals surface area contributed by atoms with Crippen LogP contribution < -0.4 is 10.1 Å². The van der Waals surface area contributed by atoms with Gasteiger partial charge in [-0.3, -0.25) is 9.69 Å². The monoisotopic (exact) mass is 404 g/mol. The molecule has 3 aromatic rings. The minimum absolute atomic E-state index is 0.268. The highest BCUT2D eigenvalue weighted by molar-refractivity contribution is 6.33. The lowest BCUT2D eigenvalue weighted by molar-refractivity contribution is -0.111. The van der Waals surface area contributed by atoms with E-state index in [9.17, 15) is 4.79 Å². The number of nitrogens with one attached hydrogen (secondary N) is 1. The lowest BCUT2D eigenvalue weighted by Gasteiger charge is -2.27. The highest BCUT2D eigenvalue weighted by Gasteiger charge is 2.25. The predicted molar refractivity (Wildman–Crippen MR) is 111 cm³/mol. The topological polar surface area (TPSA) is 102 Å². The molecule has 0 bridgehead atoms. The normalized spacial score (nSPS) is 15.8. The Morgan fingerprint density at radius 1 is 1.17 bits per heavy atom. The summed E-state index contributed by atoms with van der Waals surface area (Å²) >= 11 is 0. The van der Waals surface area contributed by atoms with Crippen LogP contribution in [0.2, 0.25) is 0 Å². The number of morpholine rings is 1. The van der Waals surface area contributed by atoms with Gasteiger partial charge in [0.05, 0.1) is 42.7 Å². The number of amides is 1. The molecule has 1 amide bonds. The molecule has 5 rings (SSSR count). The maximum atomic E-state index is 13.0. The number of anilines is 1. The van der Waals surface area contributed by atoms with Crippen molar-refractivity contribution < 1.29 is 14.3 Å². The number of ether oxygens (including phenoxy) is 2. The molecule has 0 radical (unpaired) electrons. The van der Waals surface area contributed by atoms with E-state index in [0.717, 1.165) is 44.2 Å². The average Bonchev–Trinajstić information content (AvgIpc) is 3.16. The van der Waals surface area contributed by atoms with Crippen molar-refractivity contribution >= 4 is 34.3 Å². The first-order valence-electron chi connectivity index (χ1n) is 9.69. The Bertz CT molecular complexity index is 1150. The molecule has 2 aliphatic rings. The number of benzene rings is 1. The van der Waals surface area contributed by atoms with E-state index in [1.54, 1.807) is 13.2 Å². The molecule has 30 heavy (non-hydrogen) atoms. The smallest absolute Gasteiger partial charge is 0.257 e. The van der Waals surface area contributed by atoms with Crippen LogP contribution in [0.25, 0.3) is 22.7 Å². The Hall–Kier alpha value is -3.43. The van der Waals surface area contributed by atoms with Crippen molar-refractivity contribution in [2.24, 2.45) is 0 Å². The summed E-state index contributed by atoms with van der Waals surface area (Å²) in [5, 5.41) is 3.64. The zero-order chi connectivity index (χ0) is 20.5. The van der Waals surface area contributed by atoms with Gasteiger partial charge in [-0.05, 0) is 12.1 Å². The van der Waals surface area contributed by atoms with Gasteiger partial charge in [0.25, 0.3) is 5.91 Å². The summed E-state index contributed by atoms with van der Waals surface area (Å²) in [6.07, 6.45) is 4.56. The van der Waals surface area contributed by atoms with Crippen LogP contribution in [0.4, 0.5) is 5.69 Å². The highest BCUT2D eigenvalue weighted by Crippen LogP contribution is 2.33. The van der Waals surface area contributed by atoms with Crippen LogP contribution in [-0.2, 0) is 16.1 Å². The number of hydrogen-bond donors (Lipinski definition) is 1. The van der Waals surface area contributed by atoms with E-state index in [0.29, 0.717) is 33.7 Å². The second kappa shape index (κ2) is 7.77. The standard InChI is InChI=1S/C21H20N6O3/c1-29-17-8-14(3-2-13(17)10-27-4-6-30-7-5-27)26-21(28)15-9-16-18-19(15)23-12-25-20(18)24-11-22-16/h2-3,8-9,11-12H,4-7,10H2,1H3,(H,26,28). The summed E-state index contributed by atoms with van der Waals surface area (Å²) in [6, 6.07) is 5.70. The minimum Gasteiger partial charge on any atom is -0.496 e. The number of rotatable bonds is 5. The number of carbonyl (C=O) groups is 1. The van der Waals surface area contributed by atoms with Crippen molar-refractivity contribution in [1.29, 1.82) is 0 Å². The molecule has 1 aliphatic heterocycles. The van der Waals surface area contributed by atoms with Crippen molar-refractivity contribution in [1.82, 2.24) is 24.8 Å². The van der Waals surface area contributed by atoms with Crippen LogP contribution >= 0.6 is 0 Å². The minimum atomic E-state index is -0.268. The van der Waals surface area contributed by atoms with Crippen molar-refractivity contribution in [3.05, 3.63) is 47.8 Å². The van der Waals surface area contributed by atoms with Crippen molar-refractivity contribution in [3.8, 4) is 5.75 Å². The third-order valence-corrected chi connectivity index (χ3v) is 5.28. The van der Waals surface area contributed by atoms with E-state index in [1.807, 2.05) is 18.2 Å². The molecule has 1 N–H and O–H groups in total. The van der Waals surface area contributed by atoms with E-state index in [-0.39, 0.29) is 5.91 Å². The van der Waals surface area contributed by atoms with Crippen LogP contribution in [0.1, 0.15) is 17.0 Å². The van der Waals surface area contributed by atoms with E-state index in [2.05, 4.69) is 30.2 Å². The van der Waals surface area contributed by atoms with Crippen molar-refractivity contribution in [2.45, 2.75) is 6.54 Å². The SMILES string of the molecule is COc1cc(NC(=O)C2=Cc3ncnc4ncnc2c34)ccc1CN1CCOCC1. The van der Waals surface area contributed by atoms with Crippen LogP contribution in [0.15, 0.2) is 30.9 Å². The molecular weight excluding hydrogens is 384 g/mol. The Kier molecular flexibility index (Phi) is 4.82. The zero-order valence-electron chi connectivity index (χ0n) is 16.5. The first kappa shape index (κ1) is 18.6. The lowest BCUT2D eigenvalue weighted by Crippen LogP contribution is -2.35. The van der Waals surface area contributed by atoms with Gasteiger partial charge in [-0.15, -0.1) is 0 Å². The third-order valence-electron chi connectivity index (χ3n) is 5.28. The lowest BCUT2D eigenvalue weighted by atomic mass is 10.1. The number of nitrogens with zero attached hydrogens (tertiary/aromatic N) is 5. The first-order valence-corrected chi connectivity index (χ1v) is 9.69. The fourth-order valence-corrected chi connectivity index (χ4v) is 3.76. The second-order valence-corrected chi connectivity index (χ2v) is 7.11. The van der Waals surface area contributed by atoms with Crippen LogP contribution in [-0.4, -0.2) is 64.2 Å². The first-order chi connectivity index (χ1) is 14.7. The van der Waals surface area contributed by atoms with E-state index in [1.165, 1.54) is 12.7 Å². The molecule has 1 fully saturated rings. The Morgan fingerprint density at radius 3 is 2.77 bits per heavy atom. The van der Waals surface area contributed by atoms with Gasteiger partial charge in [0.1, 0.15) is 18.4 Å². The van der Waals surface area contributed by atoms with Gasteiger partial charge >= 0.3 is 0 Å². The molecular formula is C21H20N6O3. The fraction of sp³-hybridized carbons (Fsp3) is 0.286. The van der Waals surface area contributed by atoms with E-state index >= 15 is 0 Å². The second-order valence-electron chi connectivity index (χ2n) is 7.11. The van der Waals surface area contributed by atoms with Gasteiger partial charge < -0.3 is 14.8 Å². The van der Waals surface area contributed by atoms with Gasteiger partial charge in [-0.2, -0.15) is 0 Å². The summed E-state index contributed by atoms with van der Waals surface area (Å²) in [4.78, 5) is 32.1. The molecule has 0 spiro atoms. The average molecular weight is 404 g/mol. The van der Waals surface area contributed by atoms with Crippen LogP contribution in [0, 0.1) is 0 Å². The fourth-order valence-electron chi connectivity index (χ4n) is 3.76. The molecule has 9 nitrogen and oxygen atoms in total. The molecule has 1 aliphatic carbocycles. The summed E-state index contributed by atoms with van der Waals surface area (Å²) in [5.74, 6) is 0.467. The molecule has 0 unspecified atom stereocenters. The molecule has 1 aromatic carbocycles. The number of hydrogen-bond acceptors (Lipinski definition) is 8. The van der Waals surface area contributed by atoms with Crippen LogP contribution in [0.5, 0.6) is 5.75 Å². The summed E-state index contributed by atoms with van der Waals surface area (Å²) in [5.41, 5.74) is 3.88.